The number of benzene rings is 1. The summed E-state index contributed by atoms with van der Waals surface area (Å²) in [5, 5.41) is 15.7. The lowest BCUT2D eigenvalue weighted by molar-refractivity contribution is -0.140. The van der Waals surface area contributed by atoms with E-state index >= 15 is 0 Å². The Bertz CT molecular complexity index is 728. The summed E-state index contributed by atoms with van der Waals surface area (Å²) in [6, 6.07) is 4.59. The summed E-state index contributed by atoms with van der Waals surface area (Å²) in [4.78, 5) is 23.4. The minimum atomic E-state index is -1.11. The number of carboxylic acids is 1. The Morgan fingerprint density at radius 3 is 2.43 bits per heavy atom. The minimum absolute atomic E-state index is 0.0567. The fourth-order valence-corrected chi connectivity index (χ4v) is 2.41. The summed E-state index contributed by atoms with van der Waals surface area (Å²) in [7, 11) is 0. The number of rotatable bonds is 5. The van der Waals surface area contributed by atoms with Gasteiger partial charge in [-0.25, -0.2) is 13.9 Å². The Balaban J connectivity index is 2.25. The van der Waals surface area contributed by atoms with Gasteiger partial charge in [0.15, 0.2) is 5.69 Å². The summed E-state index contributed by atoms with van der Waals surface area (Å²) in [6.45, 7) is 3.40. The first-order valence-electron chi connectivity index (χ1n) is 6.84. The van der Waals surface area contributed by atoms with Crippen LogP contribution in [0.3, 0.4) is 0 Å². The van der Waals surface area contributed by atoms with E-state index in [4.69, 9.17) is 5.11 Å². The van der Waals surface area contributed by atoms with Crippen LogP contribution in [0, 0.1) is 11.7 Å². The summed E-state index contributed by atoms with van der Waals surface area (Å²) in [5.41, 5.74) is 0.631. The van der Waals surface area contributed by atoms with Crippen molar-refractivity contribution in [3.8, 4) is 5.69 Å². The van der Waals surface area contributed by atoms with Gasteiger partial charge in [0, 0.05) is 6.20 Å². The SMILES string of the molecule is CC(C)[C@@H](NC(=O)c1nn(-c2ccc(F)cc2)cc1Br)C(=O)O. The van der Waals surface area contributed by atoms with Crippen molar-refractivity contribution in [2.24, 2.45) is 5.92 Å². The van der Waals surface area contributed by atoms with Crippen LogP contribution in [-0.4, -0.2) is 32.8 Å². The summed E-state index contributed by atoms with van der Waals surface area (Å²) in [5.74, 6) is -2.35. The Labute approximate surface area is 140 Å². The van der Waals surface area contributed by atoms with Crippen LogP contribution in [-0.2, 0) is 4.79 Å². The topological polar surface area (TPSA) is 84.2 Å². The molecule has 0 aliphatic carbocycles. The van der Waals surface area contributed by atoms with Gasteiger partial charge in [0.1, 0.15) is 11.9 Å². The Morgan fingerprint density at radius 2 is 1.91 bits per heavy atom. The van der Waals surface area contributed by atoms with Crippen LogP contribution in [0.15, 0.2) is 34.9 Å². The van der Waals surface area contributed by atoms with Gasteiger partial charge in [-0.1, -0.05) is 13.8 Å². The number of hydrogen-bond donors (Lipinski definition) is 2. The molecule has 2 N–H and O–H groups in total. The quantitative estimate of drug-likeness (QED) is 0.830. The average Bonchev–Trinajstić information content (AvgIpc) is 2.86. The Kier molecular flexibility index (Phi) is 5.15. The van der Waals surface area contributed by atoms with Crippen LogP contribution in [0.4, 0.5) is 4.39 Å². The van der Waals surface area contributed by atoms with Gasteiger partial charge in [0.2, 0.25) is 0 Å². The first kappa shape index (κ1) is 17.1. The van der Waals surface area contributed by atoms with E-state index in [9.17, 15) is 14.0 Å². The van der Waals surface area contributed by atoms with Crippen molar-refractivity contribution in [3.05, 3.63) is 46.4 Å². The van der Waals surface area contributed by atoms with E-state index in [1.807, 2.05) is 0 Å². The zero-order chi connectivity index (χ0) is 17.1. The van der Waals surface area contributed by atoms with E-state index in [-0.39, 0.29) is 17.4 Å². The molecule has 2 rings (SSSR count). The van der Waals surface area contributed by atoms with Crippen molar-refractivity contribution in [2.45, 2.75) is 19.9 Å². The van der Waals surface area contributed by atoms with Crippen molar-refractivity contribution < 1.29 is 19.1 Å². The molecule has 122 valence electrons. The van der Waals surface area contributed by atoms with Crippen molar-refractivity contribution in [2.75, 3.05) is 0 Å². The predicted molar refractivity (Wildman–Crippen MR) is 85.0 cm³/mol. The molecule has 1 aromatic heterocycles. The lowest BCUT2D eigenvalue weighted by Gasteiger charge is -2.17. The Morgan fingerprint density at radius 1 is 1.30 bits per heavy atom. The van der Waals surface area contributed by atoms with Gasteiger partial charge in [-0.3, -0.25) is 4.79 Å². The smallest absolute Gasteiger partial charge is 0.326 e. The number of carbonyl (C=O) groups is 2. The monoisotopic (exact) mass is 383 g/mol. The molecule has 23 heavy (non-hydrogen) atoms. The molecule has 6 nitrogen and oxygen atoms in total. The Hall–Kier alpha value is -2.22. The highest BCUT2D eigenvalue weighted by Crippen LogP contribution is 2.19. The highest BCUT2D eigenvalue weighted by atomic mass is 79.9. The summed E-state index contributed by atoms with van der Waals surface area (Å²) >= 11 is 3.23. The minimum Gasteiger partial charge on any atom is -0.480 e. The number of aliphatic carboxylic acids is 1. The van der Waals surface area contributed by atoms with Crippen LogP contribution in [0.2, 0.25) is 0 Å². The van der Waals surface area contributed by atoms with Gasteiger partial charge < -0.3 is 10.4 Å². The molecule has 0 unspecified atom stereocenters. The number of amides is 1. The molecular weight excluding hydrogens is 369 g/mol. The molecule has 0 saturated carbocycles. The third-order valence-electron chi connectivity index (χ3n) is 3.20. The molecule has 8 heteroatoms. The number of nitrogens with zero attached hydrogens (tertiary/aromatic N) is 2. The highest BCUT2D eigenvalue weighted by molar-refractivity contribution is 9.10. The maximum absolute atomic E-state index is 13.0. The first-order valence-corrected chi connectivity index (χ1v) is 7.63. The largest absolute Gasteiger partial charge is 0.480 e. The molecular formula is C15H15BrFN3O3. The van der Waals surface area contributed by atoms with Gasteiger partial charge in [-0.2, -0.15) is 5.10 Å². The molecule has 1 atom stereocenters. The van der Waals surface area contributed by atoms with Crippen LogP contribution >= 0.6 is 15.9 Å². The molecule has 1 heterocycles. The molecule has 0 fully saturated rings. The predicted octanol–water partition coefficient (Wildman–Crippen LogP) is 2.61. The first-order chi connectivity index (χ1) is 10.8. The number of halogens is 2. The number of aromatic nitrogens is 2. The number of hydrogen-bond acceptors (Lipinski definition) is 3. The normalized spacial score (nSPS) is 12.2. The van der Waals surface area contributed by atoms with Gasteiger partial charge in [-0.05, 0) is 46.1 Å². The molecule has 0 spiro atoms. The zero-order valence-corrected chi connectivity index (χ0v) is 14.0. The summed E-state index contributed by atoms with van der Waals surface area (Å²) < 4.78 is 14.8. The molecule has 0 aliphatic rings. The third kappa shape index (κ3) is 3.95. The van der Waals surface area contributed by atoms with E-state index < -0.39 is 17.9 Å². The van der Waals surface area contributed by atoms with Crippen LogP contribution in [0.25, 0.3) is 5.69 Å². The van der Waals surface area contributed by atoms with E-state index in [0.29, 0.717) is 10.2 Å². The van der Waals surface area contributed by atoms with Gasteiger partial charge in [0.05, 0.1) is 10.2 Å². The van der Waals surface area contributed by atoms with Gasteiger partial charge in [-0.15, -0.1) is 0 Å². The second kappa shape index (κ2) is 6.91. The van der Waals surface area contributed by atoms with Gasteiger partial charge >= 0.3 is 5.97 Å². The summed E-state index contributed by atoms with van der Waals surface area (Å²) in [6.07, 6.45) is 1.55. The molecule has 0 bridgehead atoms. The third-order valence-corrected chi connectivity index (χ3v) is 3.78. The van der Waals surface area contributed by atoms with E-state index in [0.717, 1.165) is 0 Å². The number of nitrogens with one attached hydrogen (secondary N) is 1. The molecule has 0 aliphatic heterocycles. The molecule has 2 aromatic rings. The number of carboxylic acid groups (broad SMARTS) is 1. The fraction of sp³-hybridized carbons (Fsp3) is 0.267. The van der Waals surface area contributed by atoms with Crippen LogP contribution < -0.4 is 5.32 Å². The molecule has 1 amide bonds. The second-order valence-corrected chi connectivity index (χ2v) is 6.13. The molecule has 0 radical (unpaired) electrons. The van der Waals surface area contributed by atoms with Crippen LogP contribution in [0.1, 0.15) is 24.3 Å². The van der Waals surface area contributed by atoms with Gasteiger partial charge in [0.25, 0.3) is 5.91 Å². The van der Waals surface area contributed by atoms with Crippen molar-refractivity contribution >= 4 is 27.8 Å². The van der Waals surface area contributed by atoms with Crippen molar-refractivity contribution in [1.82, 2.24) is 15.1 Å². The average molecular weight is 384 g/mol. The van der Waals surface area contributed by atoms with E-state index in [1.54, 1.807) is 20.0 Å². The molecule has 1 aromatic carbocycles. The fourth-order valence-electron chi connectivity index (χ4n) is 1.96. The van der Waals surface area contributed by atoms with Crippen molar-refractivity contribution in [3.63, 3.8) is 0 Å². The highest BCUT2D eigenvalue weighted by Gasteiger charge is 2.26. The zero-order valence-electron chi connectivity index (χ0n) is 12.5. The second-order valence-electron chi connectivity index (χ2n) is 5.28. The van der Waals surface area contributed by atoms with E-state index in [1.165, 1.54) is 28.9 Å². The number of carbonyl (C=O) groups excluding carboxylic acids is 1. The lowest BCUT2D eigenvalue weighted by atomic mass is 10.0. The van der Waals surface area contributed by atoms with E-state index in [2.05, 4.69) is 26.3 Å². The maximum atomic E-state index is 13.0. The van der Waals surface area contributed by atoms with Crippen LogP contribution in [0.5, 0.6) is 0 Å². The van der Waals surface area contributed by atoms with Crippen molar-refractivity contribution in [1.29, 1.82) is 0 Å². The molecule has 0 saturated heterocycles. The standard InChI is InChI=1S/C15H15BrFN3O3/c1-8(2)12(15(22)23)18-14(21)13-11(16)7-20(19-13)10-5-3-9(17)4-6-10/h3-8,12H,1-2H3,(H,18,21)(H,22,23)/t12-/m1/s1. The maximum Gasteiger partial charge on any atom is 0.326 e. The lowest BCUT2D eigenvalue weighted by Crippen LogP contribution is -2.44.